The molecule has 0 saturated heterocycles. The zero-order valence-electron chi connectivity index (χ0n) is 18.1. The number of carbonyl (C=O) groups excluding carboxylic acids is 2. The summed E-state index contributed by atoms with van der Waals surface area (Å²) in [6.07, 6.45) is 2.08. The molecule has 0 fully saturated rings. The van der Waals surface area contributed by atoms with Crippen molar-refractivity contribution in [2.24, 2.45) is 5.41 Å². The number of hydrogen-bond donors (Lipinski definition) is 0. The molecule has 0 aliphatic rings. The molecular weight excluding hydrogens is 372 g/mol. The third kappa shape index (κ3) is 5.24. The van der Waals surface area contributed by atoms with Crippen molar-refractivity contribution in [3.8, 4) is 16.9 Å². The maximum absolute atomic E-state index is 12.4. The molecule has 0 aliphatic carbocycles. The Labute approximate surface area is 178 Å². The highest BCUT2D eigenvalue weighted by Crippen LogP contribution is 2.26. The monoisotopic (exact) mass is 400 g/mol. The van der Waals surface area contributed by atoms with E-state index >= 15 is 0 Å². The fourth-order valence-corrected chi connectivity index (χ4v) is 3.22. The van der Waals surface area contributed by atoms with E-state index in [2.05, 4.69) is 6.92 Å². The lowest BCUT2D eigenvalue weighted by atomic mass is 9.86. The second-order valence-electron chi connectivity index (χ2n) is 8.52. The summed E-state index contributed by atoms with van der Waals surface area (Å²) in [5.41, 5.74) is 4.07. The molecule has 0 aliphatic heterocycles. The van der Waals surface area contributed by atoms with Crippen LogP contribution in [0.25, 0.3) is 11.1 Å². The number of Topliss-reactive ketones (excluding diaryl/α,β-unsaturated/α-hetero) is 1. The van der Waals surface area contributed by atoms with Crippen LogP contribution in [0.2, 0.25) is 0 Å². The molecule has 3 aromatic rings. The third-order valence-corrected chi connectivity index (χ3v) is 4.95. The quantitative estimate of drug-likeness (QED) is 0.261. The van der Waals surface area contributed by atoms with Gasteiger partial charge in [0.05, 0.1) is 5.56 Å². The van der Waals surface area contributed by atoms with Crippen LogP contribution in [0.5, 0.6) is 5.75 Å². The molecular formula is C27H28O3. The van der Waals surface area contributed by atoms with Gasteiger partial charge in [-0.3, -0.25) is 4.79 Å². The minimum Gasteiger partial charge on any atom is -0.423 e. The molecule has 3 heteroatoms. The van der Waals surface area contributed by atoms with Gasteiger partial charge >= 0.3 is 5.97 Å². The zero-order valence-corrected chi connectivity index (χ0v) is 18.1. The van der Waals surface area contributed by atoms with Crippen LogP contribution in [0.4, 0.5) is 0 Å². The molecule has 0 saturated carbocycles. The van der Waals surface area contributed by atoms with Crippen molar-refractivity contribution in [1.29, 1.82) is 0 Å². The van der Waals surface area contributed by atoms with Gasteiger partial charge in [0, 0.05) is 11.0 Å². The topological polar surface area (TPSA) is 43.4 Å². The van der Waals surface area contributed by atoms with Crippen LogP contribution in [0, 0.1) is 5.41 Å². The molecule has 3 aromatic carbocycles. The van der Waals surface area contributed by atoms with Crippen LogP contribution in [0.15, 0.2) is 72.8 Å². The molecule has 0 spiro atoms. The fraction of sp³-hybridized carbons (Fsp3) is 0.259. The molecule has 0 radical (unpaired) electrons. The van der Waals surface area contributed by atoms with Crippen molar-refractivity contribution in [1.82, 2.24) is 0 Å². The molecule has 0 aromatic heterocycles. The Kier molecular flexibility index (Phi) is 6.51. The summed E-state index contributed by atoms with van der Waals surface area (Å²) >= 11 is 0. The van der Waals surface area contributed by atoms with Crippen LogP contribution < -0.4 is 4.74 Å². The molecule has 0 N–H and O–H groups in total. The summed E-state index contributed by atoms with van der Waals surface area (Å²) in [5.74, 6) is 0.260. The molecule has 0 heterocycles. The maximum atomic E-state index is 12.4. The normalized spacial score (nSPS) is 11.2. The van der Waals surface area contributed by atoms with Crippen molar-refractivity contribution in [3.63, 3.8) is 0 Å². The maximum Gasteiger partial charge on any atom is 0.343 e. The van der Waals surface area contributed by atoms with Gasteiger partial charge < -0.3 is 4.74 Å². The molecule has 0 amide bonds. The van der Waals surface area contributed by atoms with Crippen LogP contribution in [-0.4, -0.2) is 11.8 Å². The van der Waals surface area contributed by atoms with Crippen molar-refractivity contribution < 1.29 is 14.3 Å². The van der Waals surface area contributed by atoms with Crippen LogP contribution in [-0.2, 0) is 6.42 Å². The second-order valence-corrected chi connectivity index (χ2v) is 8.52. The summed E-state index contributed by atoms with van der Waals surface area (Å²) in [5, 5.41) is 0. The first-order valence-corrected chi connectivity index (χ1v) is 10.3. The van der Waals surface area contributed by atoms with E-state index in [1.807, 2.05) is 81.4 Å². The fourth-order valence-electron chi connectivity index (χ4n) is 3.22. The van der Waals surface area contributed by atoms with E-state index in [0.29, 0.717) is 16.9 Å². The number of ketones is 1. The Hall–Kier alpha value is -3.20. The van der Waals surface area contributed by atoms with Gasteiger partial charge in [-0.15, -0.1) is 0 Å². The highest BCUT2D eigenvalue weighted by atomic mass is 16.5. The Morgan fingerprint density at radius 3 is 1.73 bits per heavy atom. The lowest BCUT2D eigenvalue weighted by molar-refractivity contribution is 0.0734. The van der Waals surface area contributed by atoms with Gasteiger partial charge in [0.2, 0.25) is 0 Å². The summed E-state index contributed by atoms with van der Waals surface area (Å²) < 4.78 is 5.50. The van der Waals surface area contributed by atoms with Crippen molar-refractivity contribution in [3.05, 3.63) is 89.5 Å². The first-order valence-electron chi connectivity index (χ1n) is 10.3. The van der Waals surface area contributed by atoms with Gasteiger partial charge in [0.25, 0.3) is 0 Å². The van der Waals surface area contributed by atoms with E-state index < -0.39 is 5.41 Å². The molecule has 0 atom stereocenters. The molecule has 3 rings (SSSR count). The Morgan fingerprint density at radius 1 is 0.733 bits per heavy atom. The smallest absolute Gasteiger partial charge is 0.343 e. The number of carbonyl (C=O) groups is 2. The van der Waals surface area contributed by atoms with Crippen LogP contribution >= 0.6 is 0 Å². The average Bonchev–Trinajstić information content (AvgIpc) is 2.74. The van der Waals surface area contributed by atoms with Gasteiger partial charge in [0.15, 0.2) is 5.78 Å². The summed E-state index contributed by atoms with van der Waals surface area (Å²) in [4.78, 5) is 24.7. The first kappa shape index (κ1) is 21.5. The first-order chi connectivity index (χ1) is 14.3. The van der Waals surface area contributed by atoms with Crippen LogP contribution in [0.1, 0.15) is 60.4 Å². The van der Waals surface area contributed by atoms with E-state index in [0.717, 1.165) is 24.0 Å². The summed E-state index contributed by atoms with van der Waals surface area (Å²) in [6.45, 7) is 7.89. The Bertz CT molecular complexity index is 1010. The van der Waals surface area contributed by atoms with E-state index in [9.17, 15) is 9.59 Å². The zero-order chi connectivity index (χ0) is 21.7. The predicted octanol–water partition coefficient (Wildman–Crippen LogP) is 6.75. The lowest BCUT2D eigenvalue weighted by Gasteiger charge is -2.16. The number of ether oxygens (including phenoxy) is 1. The van der Waals surface area contributed by atoms with Gasteiger partial charge in [-0.2, -0.15) is 0 Å². The largest absolute Gasteiger partial charge is 0.423 e. The third-order valence-electron chi connectivity index (χ3n) is 4.95. The average molecular weight is 401 g/mol. The SMILES string of the molecule is CCCc1ccc(C(=O)Oc2ccc(-c3ccc(C(=O)C(C)(C)C)cc3)cc2)cc1. The number of aryl methyl sites for hydroxylation is 1. The molecule has 30 heavy (non-hydrogen) atoms. The molecule has 0 bridgehead atoms. The predicted molar refractivity (Wildman–Crippen MR) is 121 cm³/mol. The van der Waals surface area contributed by atoms with Crippen molar-refractivity contribution in [2.75, 3.05) is 0 Å². The van der Waals surface area contributed by atoms with Gasteiger partial charge in [-0.25, -0.2) is 4.79 Å². The van der Waals surface area contributed by atoms with Gasteiger partial charge in [0.1, 0.15) is 5.75 Å². The highest BCUT2D eigenvalue weighted by molar-refractivity contribution is 6.00. The second kappa shape index (κ2) is 9.08. The van der Waals surface area contributed by atoms with Gasteiger partial charge in [-0.05, 0) is 47.4 Å². The van der Waals surface area contributed by atoms with E-state index in [4.69, 9.17) is 4.74 Å². The molecule has 0 unspecified atom stereocenters. The van der Waals surface area contributed by atoms with E-state index in [-0.39, 0.29) is 11.8 Å². The highest BCUT2D eigenvalue weighted by Gasteiger charge is 2.22. The number of esters is 1. The summed E-state index contributed by atoms with van der Waals surface area (Å²) in [6, 6.07) is 22.5. The van der Waals surface area contributed by atoms with Crippen molar-refractivity contribution >= 4 is 11.8 Å². The number of hydrogen-bond acceptors (Lipinski definition) is 3. The number of benzene rings is 3. The van der Waals surface area contributed by atoms with Gasteiger partial charge in [-0.1, -0.05) is 82.6 Å². The van der Waals surface area contributed by atoms with Crippen LogP contribution in [0.3, 0.4) is 0 Å². The number of rotatable bonds is 6. The Balaban J connectivity index is 1.67. The molecule has 3 nitrogen and oxygen atoms in total. The lowest BCUT2D eigenvalue weighted by Crippen LogP contribution is -2.19. The minimum absolute atomic E-state index is 0.124. The Morgan fingerprint density at radius 2 is 1.23 bits per heavy atom. The minimum atomic E-state index is -0.399. The molecule has 154 valence electrons. The van der Waals surface area contributed by atoms with E-state index in [1.165, 1.54) is 5.56 Å². The van der Waals surface area contributed by atoms with Crippen molar-refractivity contribution in [2.45, 2.75) is 40.5 Å². The standard InChI is InChI=1S/C27H28O3/c1-5-6-19-7-9-23(10-8-19)26(29)30-24-17-15-21(16-18-24)20-11-13-22(14-12-20)25(28)27(2,3)4/h7-18H,5-6H2,1-4H3. The summed E-state index contributed by atoms with van der Waals surface area (Å²) in [7, 11) is 0. The van der Waals surface area contributed by atoms with E-state index in [1.54, 1.807) is 12.1 Å².